The van der Waals surface area contributed by atoms with Gasteiger partial charge in [-0.25, -0.2) is 0 Å². The van der Waals surface area contributed by atoms with Crippen LogP contribution in [-0.2, 0) is 14.3 Å². The monoisotopic (exact) mass is 447 g/mol. The molecule has 176 valence electrons. The van der Waals surface area contributed by atoms with Crippen LogP contribution in [0, 0.1) is 11.8 Å². The minimum absolute atomic E-state index is 0.0468. The van der Waals surface area contributed by atoms with E-state index in [0.29, 0.717) is 62.6 Å². The molecule has 1 aromatic carbocycles. The van der Waals surface area contributed by atoms with Crippen LogP contribution in [0.15, 0.2) is 18.2 Å². The maximum Gasteiger partial charge on any atom is 0.253 e. The van der Waals surface area contributed by atoms with Crippen LogP contribution < -0.4 is 20.1 Å². The van der Waals surface area contributed by atoms with Gasteiger partial charge in [-0.05, 0) is 42.9 Å². The van der Waals surface area contributed by atoms with Crippen molar-refractivity contribution in [1.29, 1.82) is 0 Å². The number of benzene rings is 1. The molecule has 0 aliphatic carbocycles. The van der Waals surface area contributed by atoms with Crippen LogP contribution in [0.5, 0.6) is 11.5 Å². The molecule has 0 aromatic heterocycles. The molecule has 32 heavy (non-hydrogen) atoms. The third-order valence-electron chi connectivity index (χ3n) is 5.72. The van der Waals surface area contributed by atoms with Crippen molar-refractivity contribution in [2.45, 2.75) is 39.2 Å². The van der Waals surface area contributed by atoms with Crippen molar-refractivity contribution in [1.82, 2.24) is 15.5 Å². The number of carbonyl (C=O) groups is 3. The summed E-state index contributed by atoms with van der Waals surface area (Å²) in [5.74, 6) is 0.950. The van der Waals surface area contributed by atoms with E-state index in [1.165, 1.54) is 0 Å². The first kappa shape index (κ1) is 23.8. The number of nitrogens with zero attached hydrogens (tertiary/aromatic N) is 1. The van der Waals surface area contributed by atoms with Gasteiger partial charge in [0.05, 0.1) is 6.61 Å². The van der Waals surface area contributed by atoms with Crippen LogP contribution in [-0.4, -0.2) is 68.8 Å². The van der Waals surface area contributed by atoms with Gasteiger partial charge in [0.2, 0.25) is 18.6 Å². The smallest absolute Gasteiger partial charge is 0.253 e. The molecular formula is C23H33N3O6. The van der Waals surface area contributed by atoms with E-state index in [1.54, 1.807) is 30.2 Å². The Hall–Kier alpha value is -2.81. The predicted molar refractivity (Wildman–Crippen MR) is 117 cm³/mol. The standard InChI is InChI=1S/C23H33N3O6/c1-15(2)12-20(27)25-21(22(28)24-8-11-30-3)16-6-9-26(10-7-16)23(29)17-4-5-18-19(13-17)32-14-31-18/h4-5,13,15-16,21H,6-12,14H2,1-3H3,(H,24,28)(H,25,27)/t21-/m1/s1. The van der Waals surface area contributed by atoms with Crippen LogP contribution >= 0.6 is 0 Å². The average Bonchev–Trinajstić information content (AvgIpc) is 3.24. The molecule has 1 saturated heterocycles. The fourth-order valence-corrected chi connectivity index (χ4v) is 4.03. The summed E-state index contributed by atoms with van der Waals surface area (Å²) in [5.41, 5.74) is 0.548. The van der Waals surface area contributed by atoms with Crippen molar-refractivity contribution in [2.24, 2.45) is 11.8 Å². The van der Waals surface area contributed by atoms with Gasteiger partial charge in [-0.3, -0.25) is 14.4 Å². The molecule has 9 heteroatoms. The van der Waals surface area contributed by atoms with E-state index < -0.39 is 6.04 Å². The maximum atomic E-state index is 13.0. The van der Waals surface area contributed by atoms with Gasteiger partial charge in [0.15, 0.2) is 11.5 Å². The molecule has 0 bridgehead atoms. The fourth-order valence-electron chi connectivity index (χ4n) is 4.03. The minimum atomic E-state index is -0.624. The van der Waals surface area contributed by atoms with Gasteiger partial charge in [0, 0.05) is 38.7 Å². The zero-order chi connectivity index (χ0) is 23.1. The summed E-state index contributed by atoms with van der Waals surface area (Å²) in [7, 11) is 1.57. The Kier molecular flexibility index (Phi) is 8.33. The Balaban J connectivity index is 1.61. The first-order valence-electron chi connectivity index (χ1n) is 11.1. The Morgan fingerprint density at radius 3 is 2.56 bits per heavy atom. The van der Waals surface area contributed by atoms with E-state index >= 15 is 0 Å². The highest BCUT2D eigenvalue weighted by Gasteiger charge is 2.34. The second kappa shape index (κ2) is 11.2. The molecule has 1 fully saturated rings. The van der Waals surface area contributed by atoms with Crippen molar-refractivity contribution in [3.63, 3.8) is 0 Å². The highest BCUT2D eigenvalue weighted by atomic mass is 16.7. The molecule has 9 nitrogen and oxygen atoms in total. The number of carbonyl (C=O) groups excluding carboxylic acids is 3. The van der Waals surface area contributed by atoms with E-state index in [4.69, 9.17) is 14.2 Å². The number of amides is 3. The number of fused-ring (bicyclic) bond motifs is 1. The van der Waals surface area contributed by atoms with E-state index in [-0.39, 0.29) is 36.4 Å². The normalized spacial score (nSPS) is 16.7. The van der Waals surface area contributed by atoms with Gasteiger partial charge < -0.3 is 29.7 Å². The van der Waals surface area contributed by atoms with Crippen LogP contribution in [0.4, 0.5) is 0 Å². The zero-order valence-electron chi connectivity index (χ0n) is 19.0. The van der Waals surface area contributed by atoms with Crippen LogP contribution in [0.2, 0.25) is 0 Å². The second-order valence-electron chi connectivity index (χ2n) is 8.62. The van der Waals surface area contributed by atoms with Crippen molar-refractivity contribution < 1.29 is 28.6 Å². The largest absolute Gasteiger partial charge is 0.454 e. The maximum absolute atomic E-state index is 13.0. The first-order chi connectivity index (χ1) is 15.4. The topological polar surface area (TPSA) is 106 Å². The molecule has 0 saturated carbocycles. The molecule has 1 aromatic rings. The molecule has 2 aliphatic heterocycles. The Bertz CT molecular complexity index is 820. The lowest BCUT2D eigenvalue weighted by atomic mass is 9.88. The summed E-state index contributed by atoms with van der Waals surface area (Å²) >= 11 is 0. The summed E-state index contributed by atoms with van der Waals surface area (Å²) < 4.78 is 15.7. The number of rotatable bonds is 9. The van der Waals surface area contributed by atoms with E-state index in [1.807, 2.05) is 13.8 Å². The van der Waals surface area contributed by atoms with Crippen molar-refractivity contribution in [3.05, 3.63) is 23.8 Å². The Morgan fingerprint density at radius 2 is 1.88 bits per heavy atom. The number of likely N-dealkylation sites (tertiary alicyclic amines) is 1. The lowest BCUT2D eigenvalue weighted by Gasteiger charge is -2.36. The molecule has 2 aliphatic rings. The number of nitrogens with one attached hydrogen (secondary N) is 2. The lowest BCUT2D eigenvalue weighted by Crippen LogP contribution is -2.54. The van der Waals surface area contributed by atoms with Crippen molar-refractivity contribution >= 4 is 17.7 Å². The van der Waals surface area contributed by atoms with Gasteiger partial charge in [-0.1, -0.05) is 13.8 Å². The number of ether oxygens (including phenoxy) is 3. The van der Waals surface area contributed by atoms with E-state index in [2.05, 4.69) is 10.6 Å². The number of hydrogen-bond donors (Lipinski definition) is 2. The van der Waals surface area contributed by atoms with Crippen LogP contribution in [0.1, 0.15) is 43.5 Å². The average molecular weight is 448 g/mol. The number of methoxy groups -OCH3 is 1. The summed E-state index contributed by atoms with van der Waals surface area (Å²) in [6, 6.07) is 4.56. The van der Waals surface area contributed by atoms with Gasteiger partial charge in [-0.2, -0.15) is 0 Å². The molecule has 0 unspecified atom stereocenters. The highest BCUT2D eigenvalue weighted by Crippen LogP contribution is 2.33. The molecule has 3 rings (SSSR count). The van der Waals surface area contributed by atoms with Crippen LogP contribution in [0.25, 0.3) is 0 Å². The fraction of sp³-hybridized carbons (Fsp3) is 0.609. The number of hydrogen-bond acceptors (Lipinski definition) is 6. The van der Waals surface area contributed by atoms with E-state index in [0.717, 1.165) is 0 Å². The van der Waals surface area contributed by atoms with Gasteiger partial charge in [0.25, 0.3) is 5.91 Å². The minimum Gasteiger partial charge on any atom is -0.454 e. The van der Waals surface area contributed by atoms with E-state index in [9.17, 15) is 14.4 Å². The van der Waals surface area contributed by atoms with Gasteiger partial charge >= 0.3 is 0 Å². The quantitative estimate of drug-likeness (QED) is 0.557. The summed E-state index contributed by atoms with van der Waals surface area (Å²) in [6.07, 6.45) is 1.62. The third-order valence-corrected chi connectivity index (χ3v) is 5.72. The molecule has 0 radical (unpaired) electrons. The molecule has 0 spiro atoms. The Labute approximate surface area is 188 Å². The lowest BCUT2D eigenvalue weighted by molar-refractivity contribution is -0.131. The SMILES string of the molecule is COCCNC(=O)[C@H](NC(=O)CC(C)C)C1CCN(C(=O)c2ccc3c(c2)OCO3)CC1. The molecule has 2 heterocycles. The number of piperidine rings is 1. The molecule has 1 atom stereocenters. The molecule has 3 amide bonds. The van der Waals surface area contributed by atoms with Crippen LogP contribution in [0.3, 0.4) is 0 Å². The second-order valence-corrected chi connectivity index (χ2v) is 8.62. The summed E-state index contributed by atoms with van der Waals surface area (Å²) in [4.78, 5) is 39.9. The molecular weight excluding hydrogens is 414 g/mol. The predicted octanol–water partition coefficient (Wildman–Crippen LogP) is 1.56. The summed E-state index contributed by atoms with van der Waals surface area (Å²) in [5, 5.41) is 5.76. The first-order valence-corrected chi connectivity index (χ1v) is 11.1. The highest BCUT2D eigenvalue weighted by molar-refractivity contribution is 5.95. The zero-order valence-corrected chi connectivity index (χ0v) is 19.0. The van der Waals surface area contributed by atoms with Gasteiger partial charge in [-0.15, -0.1) is 0 Å². The third kappa shape index (κ3) is 6.12. The van der Waals surface area contributed by atoms with Crippen molar-refractivity contribution in [3.8, 4) is 11.5 Å². The summed E-state index contributed by atoms with van der Waals surface area (Å²) in [6.45, 7) is 5.91. The van der Waals surface area contributed by atoms with Crippen molar-refractivity contribution in [2.75, 3.05) is 40.1 Å². The Morgan fingerprint density at radius 1 is 1.16 bits per heavy atom. The van der Waals surface area contributed by atoms with Gasteiger partial charge in [0.1, 0.15) is 6.04 Å². The molecule has 2 N–H and O–H groups in total.